The fourth-order valence-corrected chi connectivity index (χ4v) is 3.36. The number of amides is 1. The summed E-state index contributed by atoms with van der Waals surface area (Å²) in [5.74, 6) is 1.19. The number of nitrogens with one attached hydrogen (secondary N) is 1. The zero-order chi connectivity index (χ0) is 21.8. The molecule has 0 aliphatic rings. The number of ether oxygens (including phenoxy) is 1. The predicted octanol–water partition coefficient (Wildman–Crippen LogP) is 5.97. The zero-order valence-corrected chi connectivity index (χ0v) is 18.2. The molecule has 1 amide bonds. The molecule has 0 aliphatic heterocycles. The van der Waals surface area contributed by atoms with Crippen LogP contribution in [0.15, 0.2) is 71.3 Å². The summed E-state index contributed by atoms with van der Waals surface area (Å²) in [4.78, 5) is 12.5. The highest BCUT2D eigenvalue weighted by molar-refractivity contribution is 6.33. The van der Waals surface area contributed by atoms with Gasteiger partial charge in [0.05, 0.1) is 6.54 Å². The molecule has 158 valence electrons. The maximum atomic E-state index is 12.5. The largest absolute Gasteiger partial charge is 0.486 e. The third-order valence-corrected chi connectivity index (χ3v) is 5.14. The van der Waals surface area contributed by atoms with E-state index in [1.54, 1.807) is 23.0 Å². The van der Waals surface area contributed by atoms with Crippen molar-refractivity contribution in [1.82, 2.24) is 9.78 Å². The molecule has 0 saturated carbocycles. The summed E-state index contributed by atoms with van der Waals surface area (Å²) in [7, 11) is 0. The van der Waals surface area contributed by atoms with Crippen LogP contribution < -0.4 is 10.1 Å². The third kappa shape index (κ3) is 5.29. The molecule has 2 aromatic heterocycles. The molecule has 0 fully saturated rings. The van der Waals surface area contributed by atoms with E-state index in [4.69, 9.17) is 32.4 Å². The van der Waals surface area contributed by atoms with Crippen molar-refractivity contribution in [3.05, 3.63) is 99.6 Å². The van der Waals surface area contributed by atoms with Crippen molar-refractivity contribution in [3.8, 4) is 5.75 Å². The molecule has 2 aromatic carbocycles. The first kappa shape index (κ1) is 21.0. The zero-order valence-electron chi connectivity index (χ0n) is 16.6. The molecule has 0 aliphatic carbocycles. The molecule has 0 bridgehead atoms. The van der Waals surface area contributed by atoms with Gasteiger partial charge in [-0.05, 0) is 48.4 Å². The summed E-state index contributed by atoms with van der Waals surface area (Å²) in [6.07, 6.45) is 1.63. The third-order valence-electron chi connectivity index (χ3n) is 4.50. The molecule has 0 spiro atoms. The van der Waals surface area contributed by atoms with Crippen LogP contribution in [0.3, 0.4) is 0 Å². The van der Waals surface area contributed by atoms with Crippen LogP contribution in [0.1, 0.15) is 27.4 Å². The Hall–Kier alpha value is -3.22. The minimum Gasteiger partial charge on any atom is -0.486 e. The van der Waals surface area contributed by atoms with E-state index in [-0.39, 0.29) is 18.2 Å². The van der Waals surface area contributed by atoms with E-state index in [9.17, 15) is 4.79 Å². The Morgan fingerprint density at radius 2 is 1.94 bits per heavy atom. The first-order valence-electron chi connectivity index (χ1n) is 9.54. The maximum Gasteiger partial charge on any atom is 0.292 e. The summed E-state index contributed by atoms with van der Waals surface area (Å²) in [5.41, 5.74) is 1.99. The first-order valence-corrected chi connectivity index (χ1v) is 10.3. The lowest BCUT2D eigenvalue weighted by molar-refractivity contribution is 0.0992. The van der Waals surface area contributed by atoms with Crippen LogP contribution in [0, 0.1) is 6.92 Å². The summed E-state index contributed by atoms with van der Waals surface area (Å²) in [5, 5.41) is 7.95. The van der Waals surface area contributed by atoms with Crippen molar-refractivity contribution in [1.29, 1.82) is 0 Å². The van der Waals surface area contributed by atoms with Crippen LogP contribution in [0.2, 0.25) is 10.0 Å². The van der Waals surface area contributed by atoms with Crippen LogP contribution in [0.5, 0.6) is 5.75 Å². The van der Waals surface area contributed by atoms with Crippen molar-refractivity contribution in [2.75, 3.05) is 5.32 Å². The monoisotopic (exact) mass is 455 g/mol. The summed E-state index contributed by atoms with van der Waals surface area (Å²) in [6, 6.07) is 18.4. The highest BCUT2D eigenvalue weighted by Gasteiger charge is 2.16. The molecule has 0 radical (unpaired) electrons. The molecule has 2 heterocycles. The second-order valence-corrected chi connectivity index (χ2v) is 7.75. The van der Waals surface area contributed by atoms with Crippen LogP contribution in [-0.4, -0.2) is 15.7 Å². The number of furan rings is 1. The van der Waals surface area contributed by atoms with Gasteiger partial charge < -0.3 is 14.5 Å². The number of hydrogen-bond acceptors (Lipinski definition) is 4. The number of halogens is 2. The summed E-state index contributed by atoms with van der Waals surface area (Å²) >= 11 is 12.4. The van der Waals surface area contributed by atoms with Crippen molar-refractivity contribution in [3.63, 3.8) is 0 Å². The van der Waals surface area contributed by atoms with Crippen LogP contribution in [-0.2, 0) is 13.2 Å². The number of nitrogens with zero attached hydrogens (tertiary/aromatic N) is 2. The Bertz CT molecular complexity index is 1220. The number of carbonyl (C=O) groups excluding carboxylic acids is 1. The second-order valence-electron chi connectivity index (χ2n) is 6.94. The number of rotatable bonds is 7. The van der Waals surface area contributed by atoms with E-state index in [1.807, 2.05) is 55.5 Å². The molecule has 1 N–H and O–H groups in total. The second kappa shape index (κ2) is 9.29. The standard InChI is InChI=1S/C23H19Cl2N3O3/c1-15-5-4-7-17(11-15)30-14-18-9-10-21(31-18)23(29)26-22-20(25)13-28(27-22)12-16-6-2-3-8-19(16)24/h2-11,13H,12,14H2,1H3,(H,26,27,29). The van der Waals surface area contributed by atoms with Gasteiger partial charge >= 0.3 is 0 Å². The van der Waals surface area contributed by atoms with E-state index in [0.29, 0.717) is 22.4 Å². The Morgan fingerprint density at radius 3 is 2.74 bits per heavy atom. The smallest absolute Gasteiger partial charge is 0.292 e. The number of aryl methyl sites for hydroxylation is 1. The topological polar surface area (TPSA) is 69.3 Å². The molecular formula is C23H19Cl2N3O3. The van der Waals surface area contributed by atoms with Gasteiger partial charge in [0.15, 0.2) is 11.6 Å². The minimum absolute atomic E-state index is 0.138. The highest BCUT2D eigenvalue weighted by atomic mass is 35.5. The number of anilines is 1. The number of hydrogen-bond donors (Lipinski definition) is 1. The van der Waals surface area contributed by atoms with Gasteiger partial charge in [0, 0.05) is 11.2 Å². The molecular weight excluding hydrogens is 437 g/mol. The quantitative estimate of drug-likeness (QED) is 0.372. The van der Waals surface area contributed by atoms with Crippen LogP contribution >= 0.6 is 23.2 Å². The fourth-order valence-electron chi connectivity index (χ4n) is 2.97. The molecule has 8 heteroatoms. The van der Waals surface area contributed by atoms with Crippen LogP contribution in [0.25, 0.3) is 0 Å². The van der Waals surface area contributed by atoms with Gasteiger partial charge in [0.2, 0.25) is 0 Å². The SMILES string of the molecule is Cc1cccc(OCc2ccc(C(=O)Nc3nn(Cc4ccccc4Cl)cc3Cl)o2)c1. The maximum absolute atomic E-state index is 12.5. The normalized spacial score (nSPS) is 10.8. The van der Waals surface area contributed by atoms with E-state index in [2.05, 4.69) is 10.4 Å². The molecule has 0 saturated heterocycles. The summed E-state index contributed by atoms with van der Waals surface area (Å²) < 4.78 is 12.9. The number of benzene rings is 2. The molecule has 0 atom stereocenters. The number of aromatic nitrogens is 2. The van der Waals surface area contributed by atoms with Crippen molar-refractivity contribution >= 4 is 34.9 Å². The van der Waals surface area contributed by atoms with Crippen LogP contribution in [0.4, 0.5) is 5.82 Å². The van der Waals surface area contributed by atoms with Gasteiger partial charge in [-0.15, -0.1) is 0 Å². The fraction of sp³-hybridized carbons (Fsp3) is 0.130. The lowest BCUT2D eigenvalue weighted by Crippen LogP contribution is -2.12. The van der Waals surface area contributed by atoms with E-state index in [0.717, 1.165) is 16.9 Å². The van der Waals surface area contributed by atoms with E-state index >= 15 is 0 Å². The van der Waals surface area contributed by atoms with E-state index in [1.165, 1.54) is 0 Å². The first-order chi connectivity index (χ1) is 15.0. The highest BCUT2D eigenvalue weighted by Crippen LogP contribution is 2.23. The van der Waals surface area contributed by atoms with Crippen molar-refractivity contribution in [2.45, 2.75) is 20.1 Å². The van der Waals surface area contributed by atoms with Crippen molar-refractivity contribution in [2.24, 2.45) is 0 Å². The molecule has 4 rings (SSSR count). The lowest BCUT2D eigenvalue weighted by atomic mass is 10.2. The van der Waals surface area contributed by atoms with Gasteiger partial charge in [-0.25, -0.2) is 0 Å². The Balaban J connectivity index is 1.38. The molecule has 6 nitrogen and oxygen atoms in total. The molecule has 0 unspecified atom stereocenters. The lowest BCUT2D eigenvalue weighted by Gasteiger charge is -2.05. The predicted molar refractivity (Wildman–Crippen MR) is 120 cm³/mol. The summed E-state index contributed by atoms with van der Waals surface area (Å²) in [6.45, 7) is 2.63. The molecule has 4 aromatic rings. The average Bonchev–Trinajstić information content (AvgIpc) is 3.35. The Labute approximate surface area is 189 Å². The minimum atomic E-state index is -0.452. The van der Waals surface area contributed by atoms with Gasteiger partial charge in [0.25, 0.3) is 5.91 Å². The van der Waals surface area contributed by atoms with E-state index < -0.39 is 5.91 Å². The van der Waals surface area contributed by atoms with Crippen molar-refractivity contribution < 1.29 is 13.9 Å². The molecule has 31 heavy (non-hydrogen) atoms. The Morgan fingerprint density at radius 1 is 1.10 bits per heavy atom. The Kier molecular flexibility index (Phi) is 6.30. The van der Waals surface area contributed by atoms with Gasteiger partial charge in [0.1, 0.15) is 23.1 Å². The average molecular weight is 456 g/mol. The van der Waals surface area contributed by atoms with Gasteiger partial charge in [-0.3, -0.25) is 9.48 Å². The number of carbonyl (C=O) groups is 1. The van der Waals surface area contributed by atoms with Gasteiger partial charge in [-0.1, -0.05) is 53.5 Å². The van der Waals surface area contributed by atoms with Gasteiger partial charge in [-0.2, -0.15) is 5.10 Å².